The topological polar surface area (TPSA) is 90.5 Å². The Labute approximate surface area is 182 Å². The Balaban J connectivity index is 1.98. The van der Waals surface area contributed by atoms with Crippen LogP contribution in [-0.2, 0) is 10.0 Å². The van der Waals surface area contributed by atoms with Crippen LogP contribution in [0, 0.1) is 6.92 Å². The lowest BCUT2D eigenvalue weighted by atomic mass is 10.1. The molecule has 0 atom stereocenters. The number of benzene rings is 2. The van der Waals surface area contributed by atoms with Crippen molar-refractivity contribution in [3.63, 3.8) is 0 Å². The van der Waals surface area contributed by atoms with Crippen molar-refractivity contribution in [2.24, 2.45) is 0 Å². The summed E-state index contributed by atoms with van der Waals surface area (Å²) in [5.74, 6) is -0.234. The van der Waals surface area contributed by atoms with Crippen molar-refractivity contribution >= 4 is 38.9 Å². The van der Waals surface area contributed by atoms with Gasteiger partial charge in [-0.05, 0) is 49.2 Å². The lowest BCUT2D eigenvalue weighted by Gasteiger charge is -2.31. The molecule has 2 aromatic rings. The van der Waals surface area contributed by atoms with Crippen molar-refractivity contribution in [1.29, 1.82) is 0 Å². The molecule has 7 nitrogen and oxygen atoms in total. The highest BCUT2D eigenvalue weighted by Crippen LogP contribution is 2.31. The van der Waals surface area contributed by atoms with Crippen LogP contribution in [0.2, 0.25) is 5.02 Å². The van der Waals surface area contributed by atoms with Gasteiger partial charge in [-0.3, -0.25) is 9.52 Å². The van der Waals surface area contributed by atoms with Crippen LogP contribution in [-0.4, -0.2) is 47.0 Å². The molecule has 30 heavy (non-hydrogen) atoms. The van der Waals surface area contributed by atoms with Crippen molar-refractivity contribution < 1.29 is 13.2 Å². The molecule has 162 valence electrons. The van der Waals surface area contributed by atoms with Gasteiger partial charge >= 0.3 is 0 Å². The molecular weight excluding hydrogens is 424 g/mol. The molecule has 0 aromatic heterocycles. The van der Waals surface area contributed by atoms with Gasteiger partial charge in [0.25, 0.3) is 15.9 Å². The minimum atomic E-state index is -3.88. The molecule has 2 aromatic carbocycles. The highest BCUT2D eigenvalue weighted by Gasteiger charge is 2.22. The average molecular weight is 451 g/mol. The molecule has 1 amide bonds. The maximum Gasteiger partial charge on any atom is 0.262 e. The number of halogens is 1. The first-order chi connectivity index (χ1) is 14.3. The summed E-state index contributed by atoms with van der Waals surface area (Å²) in [6.45, 7) is 7.43. The Morgan fingerprint density at radius 3 is 2.57 bits per heavy atom. The molecule has 0 radical (unpaired) electrons. The Hall–Kier alpha value is -2.29. The standard InChI is InChI=1S/C21H27ClN4O3S/c1-3-8-24-21(27)16-5-7-20(26-11-9-23-10-12-26)19(13-16)25-30(28,29)17-6-4-15(2)18(22)14-17/h4-7,13-14,23,25H,3,8-12H2,1-2H3,(H,24,27). The van der Waals surface area contributed by atoms with Gasteiger partial charge in [0.05, 0.1) is 16.3 Å². The Morgan fingerprint density at radius 2 is 1.90 bits per heavy atom. The molecule has 0 saturated carbocycles. The van der Waals surface area contributed by atoms with E-state index in [1.165, 1.54) is 12.1 Å². The van der Waals surface area contributed by atoms with Gasteiger partial charge in [0.1, 0.15) is 0 Å². The fraction of sp³-hybridized carbons (Fsp3) is 0.381. The molecule has 9 heteroatoms. The molecule has 1 fully saturated rings. The quantitative estimate of drug-likeness (QED) is 0.603. The van der Waals surface area contributed by atoms with Gasteiger partial charge < -0.3 is 15.5 Å². The number of anilines is 2. The van der Waals surface area contributed by atoms with Crippen molar-refractivity contribution in [3.8, 4) is 0 Å². The number of hydrogen-bond donors (Lipinski definition) is 3. The lowest BCUT2D eigenvalue weighted by Crippen LogP contribution is -2.43. The van der Waals surface area contributed by atoms with E-state index in [0.29, 0.717) is 22.8 Å². The first-order valence-corrected chi connectivity index (χ1v) is 11.8. The van der Waals surface area contributed by atoms with E-state index < -0.39 is 10.0 Å². The summed E-state index contributed by atoms with van der Waals surface area (Å²) >= 11 is 6.13. The number of carbonyl (C=O) groups is 1. The van der Waals surface area contributed by atoms with Gasteiger partial charge in [-0.25, -0.2) is 8.42 Å². The molecule has 0 aliphatic carbocycles. The second-order valence-corrected chi connectivity index (χ2v) is 9.33. The van der Waals surface area contributed by atoms with Gasteiger partial charge in [0.2, 0.25) is 0 Å². The highest BCUT2D eigenvalue weighted by atomic mass is 35.5. The maximum atomic E-state index is 13.1. The number of sulfonamides is 1. The van der Waals surface area contributed by atoms with Crippen molar-refractivity contribution in [3.05, 3.63) is 52.5 Å². The molecule has 3 rings (SSSR count). The molecule has 1 aliphatic heterocycles. The van der Waals surface area contributed by atoms with Crippen molar-refractivity contribution in [2.75, 3.05) is 42.3 Å². The second kappa shape index (κ2) is 9.68. The van der Waals surface area contributed by atoms with Crippen LogP contribution in [0.15, 0.2) is 41.3 Å². The van der Waals surface area contributed by atoms with E-state index in [1.54, 1.807) is 24.3 Å². The highest BCUT2D eigenvalue weighted by molar-refractivity contribution is 7.92. The number of aryl methyl sites for hydroxylation is 1. The summed E-state index contributed by atoms with van der Waals surface area (Å²) < 4.78 is 28.8. The third kappa shape index (κ3) is 5.24. The predicted octanol–water partition coefficient (Wildman–Crippen LogP) is 3.00. The fourth-order valence-electron chi connectivity index (χ4n) is 3.23. The van der Waals surface area contributed by atoms with E-state index in [0.717, 1.165) is 43.9 Å². The van der Waals surface area contributed by atoms with Crippen molar-refractivity contribution in [1.82, 2.24) is 10.6 Å². The zero-order chi connectivity index (χ0) is 21.7. The normalized spacial score (nSPS) is 14.4. The smallest absolute Gasteiger partial charge is 0.262 e. The van der Waals surface area contributed by atoms with Crippen LogP contribution in [0.25, 0.3) is 0 Å². The molecule has 3 N–H and O–H groups in total. The molecule has 0 bridgehead atoms. The zero-order valence-corrected chi connectivity index (χ0v) is 18.7. The lowest BCUT2D eigenvalue weighted by molar-refractivity contribution is 0.0953. The Morgan fingerprint density at radius 1 is 1.17 bits per heavy atom. The summed E-state index contributed by atoms with van der Waals surface area (Å²) in [6, 6.07) is 9.74. The predicted molar refractivity (Wildman–Crippen MR) is 121 cm³/mol. The summed E-state index contributed by atoms with van der Waals surface area (Å²) in [5.41, 5.74) is 2.32. The van der Waals surface area contributed by atoms with Gasteiger partial charge in [-0.1, -0.05) is 24.6 Å². The first-order valence-electron chi connectivity index (χ1n) is 9.98. The van der Waals surface area contributed by atoms with E-state index >= 15 is 0 Å². The van der Waals surface area contributed by atoms with Gasteiger partial charge in [-0.15, -0.1) is 0 Å². The van der Waals surface area contributed by atoms with E-state index in [-0.39, 0.29) is 10.8 Å². The van der Waals surface area contributed by atoms with Crippen LogP contribution < -0.4 is 20.3 Å². The molecule has 1 saturated heterocycles. The van der Waals surface area contributed by atoms with Crippen LogP contribution in [0.1, 0.15) is 29.3 Å². The van der Waals surface area contributed by atoms with E-state index in [2.05, 4.69) is 20.3 Å². The number of amides is 1. The maximum absolute atomic E-state index is 13.1. The first kappa shape index (κ1) is 22.4. The number of piperazine rings is 1. The summed E-state index contributed by atoms with van der Waals surface area (Å²) in [4.78, 5) is 14.6. The summed E-state index contributed by atoms with van der Waals surface area (Å²) in [6.07, 6.45) is 0.818. The number of nitrogens with one attached hydrogen (secondary N) is 3. The molecular formula is C21H27ClN4O3S. The third-order valence-corrected chi connectivity index (χ3v) is 6.72. The second-order valence-electron chi connectivity index (χ2n) is 7.24. The largest absolute Gasteiger partial charge is 0.367 e. The minimum Gasteiger partial charge on any atom is -0.367 e. The molecule has 0 spiro atoms. The molecule has 1 heterocycles. The number of carbonyl (C=O) groups excluding carboxylic acids is 1. The van der Waals surface area contributed by atoms with Gasteiger partial charge in [-0.2, -0.15) is 0 Å². The van der Waals surface area contributed by atoms with Crippen LogP contribution in [0.5, 0.6) is 0 Å². The molecule has 0 unspecified atom stereocenters. The average Bonchev–Trinajstić information content (AvgIpc) is 2.74. The van der Waals surface area contributed by atoms with Crippen LogP contribution in [0.3, 0.4) is 0 Å². The number of nitrogens with zero attached hydrogens (tertiary/aromatic N) is 1. The third-order valence-electron chi connectivity index (χ3n) is 4.95. The summed E-state index contributed by atoms with van der Waals surface area (Å²) in [7, 11) is -3.88. The fourth-order valence-corrected chi connectivity index (χ4v) is 4.56. The Bertz CT molecular complexity index is 1020. The van der Waals surface area contributed by atoms with E-state index in [4.69, 9.17) is 11.6 Å². The zero-order valence-electron chi connectivity index (χ0n) is 17.2. The van der Waals surface area contributed by atoms with Crippen LogP contribution in [0.4, 0.5) is 11.4 Å². The monoisotopic (exact) mass is 450 g/mol. The SMILES string of the molecule is CCCNC(=O)c1ccc(N2CCNCC2)c(NS(=O)(=O)c2ccc(C)c(Cl)c2)c1. The summed E-state index contributed by atoms with van der Waals surface area (Å²) in [5, 5.41) is 6.49. The van der Waals surface area contributed by atoms with Gasteiger partial charge in [0.15, 0.2) is 0 Å². The van der Waals surface area contributed by atoms with Crippen LogP contribution >= 0.6 is 11.6 Å². The minimum absolute atomic E-state index is 0.0743. The van der Waals surface area contributed by atoms with E-state index in [9.17, 15) is 13.2 Å². The Kier molecular flexibility index (Phi) is 7.23. The molecule has 1 aliphatic rings. The van der Waals surface area contributed by atoms with Gasteiger partial charge in [0, 0.05) is 43.3 Å². The number of rotatable bonds is 7. The van der Waals surface area contributed by atoms with Crippen molar-refractivity contribution in [2.45, 2.75) is 25.2 Å². The number of hydrogen-bond acceptors (Lipinski definition) is 5. The van der Waals surface area contributed by atoms with E-state index in [1.807, 2.05) is 13.8 Å².